The minimum Gasteiger partial charge on any atom is -0.385 e. The summed E-state index contributed by atoms with van der Waals surface area (Å²) in [5.41, 5.74) is 0. The molecule has 7 heteroatoms. The summed E-state index contributed by atoms with van der Waals surface area (Å²) in [5.74, 6) is 0.422. The fourth-order valence-corrected chi connectivity index (χ4v) is 4.01. The molecule has 1 N–H and O–H groups in total. The molecule has 0 aliphatic carbocycles. The summed E-state index contributed by atoms with van der Waals surface area (Å²) in [7, 11) is -0.0360. The molecule has 1 rings (SSSR count). The number of hydrogen-bond acceptors (Lipinski definition) is 4. The third-order valence-corrected chi connectivity index (χ3v) is 5.66. The van der Waals surface area contributed by atoms with Crippen LogP contribution in [0.5, 0.6) is 0 Å². The van der Waals surface area contributed by atoms with E-state index in [1.807, 2.05) is 0 Å². The fourth-order valence-electron chi connectivity index (χ4n) is 2.50. The van der Waals surface area contributed by atoms with Crippen molar-refractivity contribution in [3.05, 3.63) is 0 Å². The van der Waals surface area contributed by atoms with Crippen LogP contribution in [0, 0.1) is 5.92 Å². The lowest BCUT2D eigenvalue weighted by molar-refractivity contribution is 0.187. The van der Waals surface area contributed by atoms with E-state index in [0.29, 0.717) is 32.2 Å². The van der Waals surface area contributed by atoms with Crippen molar-refractivity contribution in [2.75, 3.05) is 53.5 Å². The van der Waals surface area contributed by atoms with Crippen LogP contribution in [0.2, 0.25) is 0 Å². The van der Waals surface area contributed by atoms with Crippen LogP contribution in [-0.2, 0) is 14.9 Å². The van der Waals surface area contributed by atoms with Gasteiger partial charge in [0, 0.05) is 40.4 Å². The van der Waals surface area contributed by atoms with E-state index in [1.54, 1.807) is 18.5 Å². The molecule has 0 spiro atoms. The number of hydrogen-bond donors (Lipinski definition) is 1. The minimum atomic E-state index is -3.32. The van der Waals surface area contributed by atoms with Crippen LogP contribution in [0.4, 0.5) is 0 Å². The van der Waals surface area contributed by atoms with Gasteiger partial charge in [-0.1, -0.05) is 6.92 Å². The first-order chi connectivity index (χ1) is 9.52. The van der Waals surface area contributed by atoms with Gasteiger partial charge in [0.2, 0.25) is 0 Å². The van der Waals surface area contributed by atoms with Gasteiger partial charge in [-0.25, -0.2) is 0 Å². The van der Waals surface area contributed by atoms with Crippen LogP contribution >= 0.6 is 0 Å². The Morgan fingerprint density at radius 1 is 1.45 bits per heavy atom. The lowest BCUT2D eigenvalue weighted by atomic mass is 10.00. The van der Waals surface area contributed by atoms with Crippen LogP contribution in [0.1, 0.15) is 26.2 Å². The molecule has 0 aromatic heterocycles. The quantitative estimate of drug-likeness (QED) is 0.631. The molecule has 1 unspecified atom stereocenters. The van der Waals surface area contributed by atoms with E-state index >= 15 is 0 Å². The Morgan fingerprint density at radius 2 is 2.20 bits per heavy atom. The smallest absolute Gasteiger partial charge is 0.281 e. The van der Waals surface area contributed by atoms with Gasteiger partial charge in [0.1, 0.15) is 0 Å². The molecule has 0 aromatic carbocycles. The van der Waals surface area contributed by atoms with Crippen molar-refractivity contribution < 1.29 is 13.2 Å². The number of piperidine rings is 1. The number of nitrogens with zero attached hydrogens (tertiary/aromatic N) is 2. The third kappa shape index (κ3) is 5.29. The topological polar surface area (TPSA) is 61.9 Å². The molecular weight excluding hydrogens is 278 g/mol. The van der Waals surface area contributed by atoms with Gasteiger partial charge >= 0.3 is 0 Å². The molecule has 1 fully saturated rings. The maximum absolute atomic E-state index is 12.5. The molecule has 1 atom stereocenters. The van der Waals surface area contributed by atoms with Crippen molar-refractivity contribution in [1.82, 2.24) is 13.9 Å². The van der Waals surface area contributed by atoms with Crippen molar-refractivity contribution in [1.29, 1.82) is 0 Å². The SMILES string of the molecule is CCNCC1CCCN(S(=O)(=O)N(C)CCCOC)C1. The van der Waals surface area contributed by atoms with Crippen molar-refractivity contribution >= 4 is 10.2 Å². The standard InChI is InChI=1S/C13H29N3O3S/c1-4-14-11-13-7-5-9-16(12-13)20(17,18)15(2)8-6-10-19-3/h13-14H,4-12H2,1-3H3. The number of methoxy groups -OCH3 is 1. The molecule has 120 valence electrons. The highest BCUT2D eigenvalue weighted by Crippen LogP contribution is 2.20. The van der Waals surface area contributed by atoms with Gasteiger partial charge in [-0.05, 0) is 38.3 Å². The van der Waals surface area contributed by atoms with Gasteiger partial charge < -0.3 is 10.1 Å². The third-order valence-electron chi connectivity index (χ3n) is 3.71. The normalized spacial score (nSPS) is 21.5. The van der Waals surface area contributed by atoms with Crippen molar-refractivity contribution in [3.63, 3.8) is 0 Å². The van der Waals surface area contributed by atoms with E-state index in [0.717, 1.165) is 32.4 Å². The number of ether oxygens (including phenoxy) is 1. The molecule has 1 heterocycles. The van der Waals surface area contributed by atoms with Gasteiger partial charge in [-0.15, -0.1) is 0 Å². The predicted octanol–water partition coefficient (Wildman–Crippen LogP) is 0.521. The van der Waals surface area contributed by atoms with Crippen molar-refractivity contribution in [3.8, 4) is 0 Å². The van der Waals surface area contributed by atoms with E-state index in [2.05, 4.69) is 12.2 Å². The average molecular weight is 307 g/mol. The highest BCUT2D eigenvalue weighted by atomic mass is 32.2. The summed E-state index contributed by atoms with van der Waals surface area (Å²) in [6.07, 6.45) is 2.77. The Morgan fingerprint density at radius 3 is 2.85 bits per heavy atom. The molecule has 1 saturated heterocycles. The Balaban J connectivity index is 2.52. The Kier molecular flexibility index (Phi) is 7.98. The zero-order valence-electron chi connectivity index (χ0n) is 13.0. The first-order valence-electron chi connectivity index (χ1n) is 7.43. The Bertz CT molecular complexity index is 362. The van der Waals surface area contributed by atoms with Gasteiger partial charge in [0.25, 0.3) is 10.2 Å². The predicted molar refractivity (Wildman–Crippen MR) is 80.9 cm³/mol. The van der Waals surface area contributed by atoms with Gasteiger partial charge in [0.05, 0.1) is 0 Å². The summed E-state index contributed by atoms with van der Waals surface area (Å²) < 4.78 is 33.0. The van der Waals surface area contributed by atoms with Crippen LogP contribution < -0.4 is 5.32 Å². The van der Waals surface area contributed by atoms with Gasteiger partial charge in [-0.3, -0.25) is 0 Å². The highest BCUT2D eigenvalue weighted by Gasteiger charge is 2.31. The van der Waals surface area contributed by atoms with Crippen molar-refractivity contribution in [2.24, 2.45) is 5.92 Å². The molecular formula is C13H29N3O3S. The highest BCUT2D eigenvalue weighted by molar-refractivity contribution is 7.86. The lowest BCUT2D eigenvalue weighted by Crippen LogP contribution is -2.48. The molecule has 0 amide bonds. The molecule has 1 aliphatic heterocycles. The zero-order chi connectivity index (χ0) is 15.0. The molecule has 0 saturated carbocycles. The maximum Gasteiger partial charge on any atom is 0.281 e. The molecule has 0 aromatic rings. The Labute approximate surface area is 123 Å². The minimum absolute atomic E-state index is 0.422. The molecule has 6 nitrogen and oxygen atoms in total. The van der Waals surface area contributed by atoms with Crippen LogP contribution in [0.3, 0.4) is 0 Å². The monoisotopic (exact) mass is 307 g/mol. The van der Waals surface area contributed by atoms with E-state index < -0.39 is 10.2 Å². The van der Waals surface area contributed by atoms with Crippen LogP contribution in [0.15, 0.2) is 0 Å². The lowest BCUT2D eigenvalue weighted by Gasteiger charge is -2.34. The molecule has 1 aliphatic rings. The Hall–Kier alpha value is -0.210. The summed E-state index contributed by atoms with van der Waals surface area (Å²) in [6.45, 7) is 6.26. The summed E-state index contributed by atoms with van der Waals surface area (Å²) in [4.78, 5) is 0. The first-order valence-corrected chi connectivity index (χ1v) is 8.83. The van der Waals surface area contributed by atoms with Gasteiger partial charge in [0.15, 0.2) is 0 Å². The van der Waals surface area contributed by atoms with E-state index in [-0.39, 0.29) is 0 Å². The summed E-state index contributed by atoms with van der Waals surface area (Å²) in [6, 6.07) is 0. The second-order valence-corrected chi connectivity index (χ2v) is 7.39. The van der Waals surface area contributed by atoms with E-state index in [4.69, 9.17) is 4.74 Å². The molecule has 0 radical (unpaired) electrons. The summed E-state index contributed by atoms with van der Waals surface area (Å²) >= 11 is 0. The van der Waals surface area contributed by atoms with Crippen molar-refractivity contribution in [2.45, 2.75) is 26.2 Å². The summed E-state index contributed by atoms with van der Waals surface area (Å²) in [5, 5.41) is 3.31. The van der Waals surface area contributed by atoms with Crippen LogP contribution in [0.25, 0.3) is 0 Å². The first kappa shape index (κ1) is 17.8. The van der Waals surface area contributed by atoms with E-state index in [9.17, 15) is 8.42 Å². The molecule has 20 heavy (non-hydrogen) atoms. The zero-order valence-corrected chi connectivity index (χ0v) is 13.8. The largest absolute Gasteiger partial charge is 0.385 e. The number of rotatable bonds is 9. The second kappa shape index (κ2) is 8.94. The van der Waals surface area contributed by atoms with E-state index in [1.165, 1.54) is 4.31 Å². The second-order valence-electron chi connectivity index (χ2n) is 5.35. The average Bonchev–Trinajstić information content (AvgIpc) is 2.45. The number of nitrogens with one attached hydrogen (secondary N) is 1. The molecule has 0 bridgehead atoms. The maximum atomic E-state index is 12.5. The van der Waals surface area contributed by atoms with Crippen LogP contribution in [-0.4, -0.2) is 70.5 Å². The van der Waals surface area contributed by atoms with Gasteiger partial charge in [-0.2, -0.15) is 17.0 Å². The fraction of sp³-hybridized carbons (Fsp3) is 1.00.